The Balaban J connectivity index is 2.46. The zero-order valence-electron chi connectivity index (χ0n) is 7.07. The van der Waals surface area contributed by atoms with Gasteiger partial charge >= 0.3 is 5.97 Å². The summed E-state index contributed by atoms with van der Waals surface area (Å²) in [6.45, 7) is 1.32. The first-order chi connectivity index (χ1) is 5.75. The van der Waals surface area contributed by atoms with Crippen molar-refractivity contribution >= 4 is 5.97 Å². The van der Waals surface area contributed by atoms with Gasteiger partial charge in [0, 0.05) is 0 Å². The van der Waals surface area contributed by atoms with Gasteiger partial charge in [0.15, 0.2) is 0 Å². The predicted molar refractivity (Wildman–Crippen MR) is 43.9 cm³/mol. The van der Waals surface area contributed by atoms with E-state index >= 15 is 0 Å². The third-order valence-corrected chi connectivity index (χ3v) is 2.29. The molecule has 0 amide bonds. The van der Waals surface area contributed by atoms with Crippen molar-refractivity contribution in [2.45, 2.75) is 25.3 Å². The molecule has 0 saturated carbocycles. The number of carboxylic acids is 1. The summed E-state index contributed by atoms with van der Waals surface area (Å²) in [6.07, 6.45) is 3.27. The molecule has 0 bridgehead atoms. The lowest BCUT2D eigenvalue weighted by molar-refractivity contribution is -0.145. The third kappa shape index (κ3) is 2.19. The quantitative estimate of drug-likeness (QED) is 0.626. The van der Waals surface area contributed by atoms with Gasteiger partial charge in [-0.1, -0.05) is 6.42 Å². The predicted octanol–water partition coefficient (Wildman–Crippen LogP) is -0.0822. The van der Waals surface area contributed by atoms with Gasteiger partial charge in [0.2, 0.25) is 0 Å². The maximum atomic E-state index is 10.6. The van der Waals surface area contributed by atoms with Gasteiger partial charge in [-0.3, -0.25) is 9.69 Å². The molecule has 0 spiro atoms. The summed E-state index contributed by atoms with van der Waals surface area (Å²) in [5.41, 5.74) is 0. The Kier molecular flexibility index (Phi) is 3.49. The van der Waals surface area contributed by atoms with Crippen LogP contribution >= 0.6 is 0 Å². The molecule has 0 radical (unpaired) electrons. The van der Waals surface area contributed by atoms with E-state index in [4.69, 9.17) is 10.2 Å². The highest BCUT2D eigenvalue weighted by Crippen LogP contribution is 2.11. The molecule has 0 aromatic heterocycles. The van der Waals surface area contributed by atoms with Crippen LogP contribution in [0.2, 0.25) is 0 Å². The molecule has 1 fully saturated rings. The van der Waals surface area contributed by atoms with Gasteiger partial charge in [-0.25, -0.2) is 0 Å². The molecular weight excluding hydrogens is 158 g/mol. The Hall–Kier alpha value is -0.610. The van der Waals surface area contributed by atoms with Crippen LogP contribution in [0, 0.1) is 0 Å². The second kappa shape index (κ2) is 4.42. The monoisotopic (exact) mass is 173 g/mol. The van der Waals surface area contributed by atoms with Gasteiger partial charge in [0.25, 0.3) is 0 Å². The number of aliphatic hydroxyl groups excluding tert-OH is 1. The second-order valence-electron chi connectivity index (χ2n) is 3.13. The van der Waals surface area contributed by atoms with E-state index in [1.165, 1.54) is 6.42 Å². The Morgan fingerprint density at radius 1 is 1.33 bits per heavy atom. The Labute approximate surface area is 71.8 Å². The Bertz CT molecular complexity index is 154. The van der Waals surface area contributed by atoms with E-state index in [0.717, 1.165) is 25.9 Å². The molecule has 1 saturated heterocycles. The Morgan fingerprint density at radius 3 is 2.33 bits per heavy atom. The molecule has 0 aliphatic carbocycles. The fourth-order valence-electron chi connectivity index (χ4n) is 1.58. The minimum Gasteiger partial charge on any atom is -0.480 e. The van der Waals surface area contributed by atoms with Crippen molar-refractivity contribution < 1.29 is 15.0 Å². The van der Waals surface area contributed by atoms with Crippen LogP contribution in [0.4, 0.5) is 0 Å². The van der Waals surface area contributed by atoms with Crippen molar-refractivity contribution in [2.24, 2.45) is 0 Å². The standard InChI is InChI=1S/C8H15NO3/c10-6-7(8(11)12)9-4-2-1-3-5-9/h7,10H,1-6H2,(H,11,12). The van der Waals surface area contributed by atoms with Crippen LogP contribution in [-0.4, -0.2) is 46.8 Å². The minimum absolute atomic E-state index is 0.282. The van der Waals surface area contributed by atoms with Crippen molar-refractivity contribution in [3.05, 3.63) is 0 Å². The molecule has 4 nitrogen and oxygen atoms in total. The SMILES string of the molecule is O=C(O)C(CO)N1CCCCC1. The molecule has 1 rings (SSSR count). The highest BCUT2D eigenvalue weighted by Gasteiger charge is 2.25. The van der Waals surface area contributed by atoms with Crippen molar-refractivity contribution in [3.8, 4) is 0 Å². The number of hydrogen-bond donors (Lipinski definition) is 2. The Morgan fingerprint density at radius 2 is 1.92 bits per heavy atom. The van der Waals surface area contributed by atoms with Gasteiger partial charge in [0.1, 0.15) is 6.04 Å². The normalized spacial score (nSPS) is 22.1. The summed E-state index contributed by atoms with van der Waals surface area (Å²) in [4.78, 5) is 12.5. The molecule has 70 valence electrons. The first kappa shape index (κ1) is 9.48. The maximum absolute atomic E-state index is 10.6. The number of carbonyl (C=O) groups is 1. The van der Waals surface area contributed by atoms with Crippen LogP contribution in [0.3, 0.4) is 0 Å². The van der Waals surface area contributed by atoms with Crippen LogP contribution in [0.1, 0.15) is 19.3 Å². The fraction of sp³-hybridized carbons (Fsp3) is 0.875. The number of likely N-dealkylation sites (tertiary alicyclic amines) is 1. The molecule has 1 atom stereocenters. The van der Waals surface area contributed by atoms with Crippen LogP contribution < -0.4 is 0 Å². The van der Waals surface area contributed by atoms with Gasteiger partial charge < -0.3 is 10.2 Å². The minimum atomic E-state index is -0.917. The molecule has 2 N–H and O–H groups in total. The van der Waals surface area contributed by atoms with E-state index in [2.05, 4.69) is 0 Å². The van der Waals surface area contributed by atoms with Crippen LogP contribution in [-0.2, 0) is 4.79 Å². The van der Waals surface area contributed by atoms with Crippen LogP contribution in [0.25, 0.3) is 0 Å². The number of aliphatic carboxylic acids is 1. The van der Waals surface area contributed by atoms with Gasteiger partial charge in [-0.05, 0) is 25.9 Å². The average Bonchev–Trinajstić information content (AvgIpc) is 2.07. The number of aliphatic hydroxyl groups is 1. The summed E-state index contributed by atoms with van der Waals surface area (Å²) >= 11 is 0. The van der Waals surface area contributed by atoms with Gasteiger partial charge in [-0.15, -0.1) is 0 Å². The summed E-state index contributed by atoms with van der Waals surface area (Å²) in [5, 5.41) is 17.6. The lowest BCUT2D eigenvalue weighted by Crippen LogP contribution is -2.46. The molecule has 4 heteroatoms. The van der Waals surface area contributed by atoms with E-state index in [0.29, 0.717) is 0 Å². The molecular formula is C8H15NO3. The highest BCUT2D eigenvalue weighted by molar-refractivity contribution is 5.73. The number of rotatable bonds is 3. The van der Waals surface area contributed by atoms with Crippen molar-refractivity contribution in [1.29, 1.82) is 0 Å². The average molecular weight is 173 g/mol. The first-order valence-corrected chi connectivity index (χ1v) is 4.33. The summed E-state index contributed by atoms with van der Waals surface area (Å²) in [7, 11) is 0. The van der Waals surface area contributed by atoms with Gasteiger partial charge in [-0.2, -0.15) is 0 Å². The van der Waals surface area contributed by atoms with E-state index in [-0.39, 0.29) is 6.61 Å². The lowest BCUT2D eigenvalue weighted by atomic mass is 10.1. The lowest BCUT2D eigenvalue weighted by Gasteiger charge is -2.30. The van der Waals surface area contributed by atoms with Crippen LogP contribution in [0.15, 0.2) is 0 Å². The van der Waals surface area contributed by atoms with Gasteiger partial charge in [0.05, 0.1) is 6.61 Å². The smallest absolute Gasteiger partial charge is 0.323 e. The molecule has 1 unspecified atom stereocenters. The summed E-state index contributed by atoms with van der Waals surface area (Å²) in [6, 6.07) is -0.690. The zero-order chi connectivity index (χ0) is 8.97. The fourth-order valence-corrected chi connectivity index (χ4v) is 1.58. The third-order valence-electron chi connectivity index (χ3n) is 2.29. The first-order valence-electron chi connectivity index (χ1n) is 4.33. The van der Waals surface area contributed by atoms with Crippen molar-refractivity contribution in [2.75, 3.05) is 19.7 Å². The number of carboxylic acid groups (broad SMARTS) is 1. The zero-order valence-corrected chi connectivity index (χ0v) is 7.07. The molecule has 12 heavy (non-hydrogen) atoms. The molecule has 0 aromatic carbocycles. The van der Waals surface area contributed by atoms with Crippen LogP contribution in [0.5, 0.6) is 0 Å². The maximum Gasteiger partial charge on any atom is 0.323 e. The van der Waals surface area contributed by atoms with Crippen molar-refractivity contribution in [3.63, 3.8) is 0 Å². The topological polar surface area (TPSA) is 60.8 Å². The molecule has 0 aromatic rings. The molecule has 1 heterocycles. The number of piperidine rings is 1. The summed E-state index contributed by atoms with van der Waals surface area (Å²) < 4.78 is 0. The summed E-state index contributed by atoms with van der Waals surface area (Å²) in [5.74, 6) is -0.917. The van der Waals surface area contributed by atoms with E-state index in [9.17, 15) is 4.79 Å². The highest BCUT2D eigenvalue weighted by atomic mass is 16.4. The number of nitrogens with zero attached hydrogens (tertiary/aromatic N) is 1. The van der Waals surface area contributed by atoms with Crippen molar-refractivity contribution in [1.82, 2.24) is 4.90 Å². The van der Waals surface area contributed by atoms with E-state index < -0.39 is 12.0 Å². The number of hydrogen-bond acceptors (Lipinski definition) is 3. The largest absolute Gasteiger partial charge is 0.480 e. The molecule has 1 aliphatic heterocycles. The second-order valence-corrected chi connectivity index (χ2v) is 3.13. The molecule has 1 aliphatic rings. The van der Waals surface area contributed by atoms with E-state index in [1.54, 1.807) is 0 Å². The van der Waals surface area contributed by atoms with E-state index in [1.807, 2.05) is 4.90 Å².